The first kappa shape index (κ1) is 14.5. The zero-order valence-electron chi connectivity index (χ0n) is 11.1. The van der Waals surface area contributed by atoms with E-state index in [9.17, 15) is 9.50 Å². The van der Waals surface area contributed by atoms with Crippen molar-refractivity contribution in [3.63, 3.8) is 0 Å². The first-order valence-corrected chi connectivity index (χ1v) is 6.48. The van der Waals surface area contributed by atoms with Gasteiger partial charge in [0, 0.05) is 12.5 Å². The highest BCUT2D eigenvalue weighted by Gasteiger charge is 2.26. The van der Waals surface area contributed by atoms with Gasteiger partial charge < -0.3 is 15.6 Å². The molecule has 2 rings (SSSR count). The summed E-state index contributed by atoms with van der Waals surface area (Å²) in [6, 6.07) is 15.3. The number of aliphatic hydroxyl groups excluding tert-OH is 1. The predicted molar refractivity (Wildman–Crippen MR) is 75.9 cm³/mol. The van der Waals surface area contributed by atoms with Gasteiger partial charge in [0.05, 0.1) is 18.8 Å². The normalized spacial score (nSPS) is 13.8. The number of hydrogen-bond donors (Lipinski definition) is 2. The van der Waals surface area contributed by atoms with Crippen LogP contribution in [0.4, 0.5) is 4.39 Å². The minimum Gasteiger partial charge on any atom is -0.493 e. The maximum atomic E-state index is 13.0. The van der Waals surface area contributed by atoms with Crippen LogP contribution in [0.5, 0.6) is 5.75 Å². The quantitative estimate of drug-likeness (QED) is 0.851. The molecule has 2 aromatic carbocycles. The second-order valence-electron chi connectivity index (χ2n) is 4.74. The smallest absolute Gasteiger partial charge is 0.126 e. The van der Waals surface area contributed by atoms with Crippen molar-refractivity contribution in [1.82, 2.24) is 0 Å². The van der Waals surface area contributed by atoms with Gasteiger partial charge in [-0.1, -0.05) is 36.4 Å². The lowest BCUT2D eigenvalue weighted by Crippen LogP contribution is -2.41. The zero-order valence-corrected chi connectivity index (χ0v) is 11.1. The predicted octanol–water partition coefficient (Wildman–Crippen LogP) is 2.44. The van der Waals surface area contributed by atoms with Crippen molar-refractivity contribution in [3.8, 4) is 5.75 Å². The first-order valence-electron chi connectivity index (χ1n) is 6.48. The molecule has 0 fully saturated rings. The summed E-state index contributed by atoms with van der Waals surface area (Å²) in [5.74, 6) is 0.116. The highest BCUT2D eigenvalue weighted by atomic mass is 19.1. The molecule has 3 N–H and O–H groups in total. The zero-order chi connectivity index (χ0) is 14.4. The summed E-state index contributed by atoms with van der Waals surface area (Å²) < 4.78 is 18.5. The van der Waals surface area contributed by atoms with Crippen LogP contribution in [0.25, 0.3) is 0 Å². The topological polar surface area (TPSA) is 55.5 Å². The van der Waals surface area contributed by atoms with Gasteiger partial charge in [-0.3, -0.25) is 0 Å². The SMILES string of the molecule is NC(CO)(CCOc1cccc(F)c1)c1ccccc1. The average molecular weight is 275 g/mol. The van der Waals surface area contributed by atoms with Crippen LogP contribution in [0.1, 0.15) is 12.0 Å². The molecule has 106 valence electrons. The molecule has 0 saturated carbocycles. The van der Waals surface area contributed by atoms with Crippen molar-refractivity contribution in [1.29, 1.82) is 0 Å². The van der Waals surface area contributed by atoms with Crippen LogP contribution >= 0.6 is 0 Å². The first-order chi connectivity index (χ1) is 9.64. The van der Waals surface area contributed by atoms with E-state index in [0.717, 1.165) is 5.56 Å². The Morgan fingerprint density at radius 3 is 2.50 bits per heavy atom. The van der Waals surface area contributed by atoms with Gasteiger partial charge >= 0.3 is 0 Å². The number of halogens is 1. The number of hydrogen-bond acceptors (Lipinski definition) is 3. The molecule has 0 aliphatic heterocycles. The fraction of sp³-hybridized carbons (Fsp3) is 0.250. The Hall–Kier alpha value is -1.91. The third kappa shape index (κ3) is 3.56. The van der Waals surface area contributed by atoms with Crippen LogP contribution < -0.4 is 10.5 Å². The van der Waals surface area contributed by atoms with Gasteiger partial charge in [-0.05, 0) is 17.7 Å². The monoisotopic (exact) mass is 275 g/mol. The molecule has 0 spiro atoms. The lowest BCUT2D eigenvalue weighted by atomic mass is 9.89. The van der Waals surface area contributed by atoms with Crippen LogP contribution in [0.2, 0.25) is 0 Å². The van der Waals surface area contributed by atoms with E-state index in [2.05, 4.69) is 0 Å². The molecule has 2 aromatic rings. The molecule has 0 aliphatic carbocycles. The molecule has 0 saturated heterocycles. The Bertz CT molecular complexity index is 547. The average Bonchev–Trinajstić information content (AvgIpc) is 2.48. The fourth-order valence-electron chi connectivity index (χ4n) is 1.99. The molecular weight excluding hydrogens is 257 g/mol. The molecule has 0 aromatic heterocycles. The summed E-state index contributed by atoms with van der Waals surface area (Å²) in [6.07, 6.45) is 0.435. The van der Waals surface area contributed by atoms with Crippen molar-refractivity contribution < 1.29 is 14.2 Å². The Morgan fingerprint density at radius 1 is 1.10 bits per heavy atom. The molecule has 3 nitrogen and oxygen atoms in total. The molecule has 4 heteroatoms. The summed E-state index contributed by atoms with van der Waals surface area (Å²) >= 11 is 0. The maximum Gasteiger partial charge on any atom is 0.126 e. The molecule has 1 atom stereocenters. The van der Waals surface area contributed by atoms with Gasteiger partial charge in [0.2, 0.25) is 0 Å². The minimum absolute atomic E-state index is 0.177. The van der Waals surface area contributed by atoms with E-state index < -0.39 is 5.54 Å². The van der Waals surface area contributed by atoms with Crippen molar-refractivity contribution in [3.05, 3.63) is 66.0 Å². The number of rotatable bonds is 6. The van der Waals surface area contributed by atoms with E-state index in [1.807, 2.05) is 30.3 Å². The lowest BCUT2D eigenvalue weighted by Gasteiger charge is -2.27. The number of aliphatic hydroxyl groups is 1. The third-order valence-electron chi connectivity index (χ3n) is 3.24. The Balaban J connectivity index is 1.98. The maximum absolute atomic E-state index is 13.0. The molecule has 0 radical (unpaired) electrons. The fourth-order valence-corrected chi connectivity index (χ4v) is 1.99. The van der Waals surface area contributed by atoms with Gasteiger partial charge in [0.1, 0.15) is 11.6 Å². The molecule has 1 unspecified atom stereocenters. The van der Waals surface area contributed by atoms with Crippen molar-refractivity contribution in [2.24, 2.45) is 5.73 Å². The number of benzene rings is 2. The third-order valence-corrected chi connectivity index (χ3v) is 3.24. The van der Waals surface area contributed by atoms with Gasteiger partial charge in [0.25, 0.3) is 0 Å². The Morgan fingerprint density at radius 2 is 1.85 bits per heavy atom. The molecule has 0 heterocycles. The van der Waals surface area contributed by atoms with E-state index in [4.69, 9.17) is 10.5 Å². The molecule has 0 aliphatic rings. The van der Waals surface area contributed by atoms with Crippen molar-refractivity contribution in [2.45, 2.75) is 12.0 Å². The van der Waals surface area contributed by atoms with Crippen molar-refractivity contribution >= 4 is 0 Å². The van der Waals surface area contributed by atoms with Crippen LogP contribution in [0.3, 0.4) is 0 Å². The largest absolute Gasteiger partial charge is 0.493 e. The van der Waals surface area contributed by atoms with E-state index >= 15 is 0 Å². The highest BCUT2D eigenvalue weighted by molar-refractivity contribution is 5.25. The molecule has 20 heavy (non-hydrogen) atoms. The standard InChI is InChI=1S/C16H18FNO2/c17-14-7-4-8-15(11-14)20-10-9-16(18,12-19)13-5-2-1-3-6-13/h1-8,11,19H,9-10,12,18H2. The second-order valence-corrected chi connectivity index (χ2v) is 4.74. The van der Waals surface area contributed by atoms with Crippen LogP contribution in [-0.2, 0) is 5.54 Å². The van der Waals surface area contributed by atoms with Crippen molar-refractivity contribution in [2.75, 3.05) is 13.2 Å². The Kier molecular flexibility index (Phi) is 4.71. The number of ether oxygens (including phenoxy) is 1. The summed E-state index contributed by atoms with van der Waals surface area (Å²) in [5, 5.41) is 9.54. The summed E-state index contributed by atoms with van der Waals surface area (Å²) in [7, 11) is 0. The second kappa shape index (κ2) is 6.50. The highest BCUT2D eigenvalue weighted by Crippen LogP contribution is 2.22. The van der Waals surface area contributed by atoms with E-state index in [1.165, 1.54) is 12.1 Å². The summed E-state index contributed by atoms with van der Waals surface area (Å²) in [6.45, 7) is 0.124. The van der Waals surface area contributed by atoms with Crippen LogP contribution in [-0.4, -0.2) is 18.3 Å². The van der Waals surface area contributed by atoms with E-state index in [-0.39, 0.29) is 12.4 Å². The number of nitrogens with two attached hydrogens (primary N) is 1. The van der Waals surface area contributed by atoms with Gasteiger partial charge in [-0.15, -0.1) is 0 Å². The van der Waals surface area contributed by atoms with E-state index in [0.29, 0.717) is 18.8 Å². The van der Waals surface area contributed by atoms with Gasteiger partial charge in [-0.2, -0.15) is 0 Å². The minimum atomic E-state index is -0.853. The van der Waals surface area contributed by atoms with Crippen LogP contribution in [0, 0.1) is 5.82 Å². The summed E-state index contributed by atoms with van der Waals surface area (Å²) in [4.78, 5) is 0. The molecule has 0 bridgehead atoms. The Labute approximate surface area is 117 Å². The molecular formula is C16H18FNO2. The van der Waals surface area contributed by atoms with Gasteiger partial charge in [0.15, 0.2) is 0 Å². The van der Waals surface area contributed by atoms with Gasteiger partial charge in [-0.25, -0.2) is 4.39 Å². The lowest BCUT2D eigenvalue weighted by molar-refractivity contribution is 0.162. The summed E-state index contributed by atoms with van der Waals surface area (Å²) in [5.41, 5.74) is 6.21. The molecule has 0 amide bonds. The van der Waals surface area contributed by atoms with Crippen LogP contribution in [0.15, 0.2) is 54.6 Å². The van der Waals surface area contributed by atoms with E-state index in [1.54, 1.807) is 12.1 Å².